The highest BCUT2D eigenvalue weighted by atomic mass is 19.1. The van der Waals surface area contributed by atoms with Crippen molar-refractivity contribution in [2.75, 3.05) is 5.32 Å². The predicted molar refractivity (Wildman–Crippen MR) is 125 cm³/mol. The zero-order valence-corrected chi connectivity index (χ0v) is 18.6. The summed E-state index contributed by atoms with van der Waals surface area (Å²) in [6.07, 6.45) is 1.75. The van der Waals surface area contributed by atoms with Gasteiger partial charge in [0.1, 0.15) is 11.6 Å². The smallest absolute Gasteiger partial charge is 0.268 e. The Kier molecular flexibility index (Phi) is 5.16. The summed E-state index contributed by atoms with van der Waals surface area (Å²) in [7, 11) is 1.74. The van der Waals surface area contributed by atoms with E-state index in [1.165, 1.54) is 6.07 Å². The molecule has 0 saturated heterocycles. The van der Waals surface area contributed by atoms with E-state index in [1.54, 1.807) is 17.8 Å². The third kappa shape index (κ3) is 3.81. The predicted octanol–water partition coefficient (Wildman–Crippen LogP) is 5.29. The lowest BCUT2D eigenvalue weighted by Crippen LogP contribution is -2.19. The van der Waals surface area contributed by atoms with Gasteiger partial charge < -0.3 is 14.4 Å². The maximum Gasteiger partial charge on any atom is 0.268 e. The van der Waals surface area contributed by atoms with Crippen LogP contribution in [0.5, 0.6) is 0 Å². The van der Waals surface area contributed by atoms with E-state index in [0.29, 0.717) is 11.3 Å². The average molecular weight is 459 g/mol. The number of halogens is 2. The highest BCUT2D eigenvalue weighted by Gasteiger charge is 2.16. The standard InChI is InChI=1S/C25H19F2N5O2/c1-13-4-6-17(29-25-30-23(34-31-25)18-7-5-16(26)10-21(18)27)11-19(13)20-9-15-12-28-14(2)8-22(15)32(3)24(20)33/h4-12H,1-3H3,(H,29,31). The number of aromatic nitrogens is 4. The summed E-state index contributed by atoms with van der Waals surface area (Å²) in [6, 6.07) is 12.3. The Morgan fingerprint density at radius 1 is 0.971 bits per heavy atom. The van der Waals surface area contributed by atoms with Crippen molar-refractivity contribution in [1.82, 2.24) is 19.7 Å². The first kappa shape index (κ1) is 21.4. The molecule has 5 rings (SSSR count). The third-order valence-electron chi connectivity index (χ3n) is 5.62. The third-order valence-corrected chi connectivity index (χ3v) is 5.62. The summed E-state index contributed by atoms with van der Waals surface area (Å²) in [5, 5.41) is 7.68. The molecule has 0 aliphatic carbocycles. The van der Waals surface area contributed by atoms with Crippen molar-refractivity contribution < 1.29 is 13.3 Å². The largest absolute Gasteiger partial charge is 0.332 e. The van der Waals surface area contributed by atoms with E-state index >= 15 is 0 Å². The van der Waals surface area contributed by atoms with E-state index in [9.17, 15) is 13.6 Å². The fraction of sp³-hybridized carbons (Fsp3) is 0.120. The molecule has 0 unspecified atom stereocenters. The average Bonchev–Trinajstić information content (AvgIpc) is 3.26. The fourth-order valence-corrected chi connectivity index (χ4v) is 3.82. The van der Waals surface area contributed by atoms with Crippen molar-refractivity contribution in [1.29, 1.82) is 0 Å². The summed E-state index contributed by atoms with van der Waals surface area (Å²) in [5.41, 5.74) is 4.28. The van der Waals surface area contributed by atoms with Crippen molar-refractivity contribution in [2.24, 2.45) is 7.05 Å². The Hall–Kier alpha value is -4.40. The highest BCUT2D eigenvalue weighted by Crippen LogP contribution is 2.29. The van der Waals surface area contributed by atoms with Crippen LogP contribution in [-0.2, 0) is 7.05 Å². The number of anilines is 2. The van der Waals surface area contributed by atoms with Gasteiger partial charge in [0, 0.05) is 41.6 Å². The van der Waals surface area contributed by atoms with Gasteiger partial charge in [0.15, 0.2) is 0 Å². The van der Waals surface area contributed by atoms with E-state index in [0.717, 1.165) is 39.9 Å². The van der Waals surface area contributed by atoms with E-state index < -0.39 is 11.6 Å². The second kappa shape index (κ2) is 8.18. The van der Waals surface area contributed by atoms with Crippen LogP contribution in [0.25, 0.3) is 33.5 Å². The topological polar surface area (TPSA) is 85.8 Å². The van der Waals surface area contributed by atoms with Gasteiger partial charge in [0.05, 0.1) is 11.1 Å². The first-order chi connectivity index (χ1) is 16.3. The maximum atomic E-state index is 14.0. The molecule has 170 valence electrons. The van der Waals surface area contributed by atoms with Crippen LogP contribution in [0.1, 0.15) is 11.3 Å². The monoisotopic (exact) mass is 459 g/mol. The first-order valence-electron chi connectivity index (χ1n) is 10.4. The molecule has 3 heterocycles. The molecule has 0 bridgehead atoms. The van der Waals surface area contributed by atoms with E-state index in [4.69, 9.17) is 4.52 Å². The van der Waals surface area contributed by atoms with Gasteiger partial charge >= 0.3 is 0 Å². The molecule has 9 heteroatoms. The second-order valence-electron chi connectivity index (χ2n) is 8.01. The number of hydrogen-bond donors (Lipinski definition) is 1. The van der Waals surface area contributed by atoms with Crippen LogP contribution in [0.3, 0.4) is 0 Å². The van der Waals surface area contributed by atoms with Gasteiger partial charge in [-0.2, -0.15) is 4.98 Å². The summed E-state index contributed by atoms with van der Waals surface area (Å²) in [4.78, 5) is 21.6. The summed E-state index contributed by atoms with van der Waals surface area (Å²) in [6.45, 7) is 3.80. The number of rotatable bonds is 4. The maximum absolute atomic E-state index is 14.0. The Balaban J connectivity index is 1.51. The summed E-state index contributed by atoms with van der Waals surface area (Å²) < 4.78 is 34.0. The van der Waals surface area contributed by atoms with Gasteiger partial charge in [-0.1, -0.05) is 6.07 Å². The van der Waals surface area contributed by atoms with Crippen LogP contribution in [0.2, 0.25) is 0 Å². The number of nitrogens with zero attached hydrogens (tertiary/aromatic N) is 4. The van der Waals surface area contributed by atoms with E-state index in [2.05, 4.69) is 20.4 Å². The molecule has 5 aromatic rings. The molecule has 0 spiro atoms. The van der Waals surface area contributed by atoms with Gasteiger partial charge in [-0.05, 0) is 66.5 Å². The van der Waals surface area contributed by atoms with Crippen LogP contribution in [0.4, 0.5) is 20.4 Å². The van der Waals surface area contributed by atoms with Crippen molar-refractivity contribution >= 4 is 22.5 Å². The fourth-order valence-electron chi connectivity index (χ4n) is 3.82. The SMILES string of the molecule is Cc1cc2c(cn1)cc(-c1cc(Nc3noc(-c4ccc(F)cc4F)n3)ccc1C)c(=O)n2C. The molecule has 7 nitrogen and oxygen atoms in total. The summed E-state index contributed by atoms with van der Waals surface area (Å²) >= 11 is 0. The normalized spacial score (nSPS) is 11.2. The van der Waals surface area contributed by atoms with Crippen LogP contribution >= 0.6 is 0 Å². The van der Waals surface area contributed by atoms with Crippen LogP contribution in [0.15, 0.2) is 64.0 Å². The molecule has 3 aromatic heterocycles. The molecular formula is C25H19F2N5O2. The molecule has 0 atom stereocenters. The Morgan fingerprint density at radius 2 is 1.79 bits per heavy atom. The Bertz CT molecular complexity index is 1620. The molecule has 0 amide bonds. The zero-order chi connectivity index (χ0) is 24.0. The molecular weight excluding hydrogens is 440 g/mol. The number of aryl methyl sites for hydroxylation is 3. The van der Waals surface area contributed by atoms with E-state index in [-0.39, 0.29) is 23.0 Å². The molecule has 0 aliphatic heterocycles. The van der Waals surface area contributed by atoms with Gasteiger partial charge in [-0.3, -0.25) is 9.78 Å². The number of pyridine rings is 2. The minimum Gasteiger partial charge on any atom is -0.332 e. The molecule has 2 aromatic carbocycles. The molecule has 34 heavy (non-hydrogen) atoms. The van der Waals surface area contributed by atoms with Gasteiger partial charge in [0.2, 0.25) is 0 Å². The quantitative estimate of drug-likeness (QED) is 0.393. The number of benzene rings is 2. The highest BCUT2D eigenvalue weighted by molar-refractivity contribution is 5.85. The van der Waals surface area contributed by atoms with Crippen molar-refractivity contribution in [3.8, 4) is 22.6 Å². The van der Waals surface area contributed by atoms with Crippen LogP contribution < -0.4 is 10.9 Å². The molecule has 0 saturated carbocycles. The number of fused-ring (bicyclic) bond motifs is 1. The van der Waals surface area contributed by atoms with E-state index in [1.807, 2.05) is 44.2 Å². The van der Waals surface area contributed by atoms with Gasteiger partial charge in [0.25, 0.3) is 17.4 Å². The molecule has 0 aliphatic rings. The minimum atomic E-state index is -0.801. The van der Waals surface area contributed by atoms with Crippen molar-refractivity contribution in [3.05, 3.63) is 88.0 Å². The lowest BCUT2D eigenvalue weighted by atomic mass is 9.99. The summed E-state index contributed by atoms with van der Waals surface area (Å²) in [5.74, 6) is -1.49. The Labute approximate surface area is 192 Å². The molecule has 0 fully saturated rings. The van der Waals surface area contributed by atoms with Crippen molar-refractivity contribution in [3.63, 3.8) is 0 Å². The van der Waals surface area contributed by atoms with Gasteiger partial charge in [-0.15, -0.1) is 0 Å². The minimum absolute atomic E-state index is 0.00458. The zero-order valence-electron chi connectivity index (χ0n) is 18.6. The number of hydrogen-bond acceptors (Lipinski definition) is 6. The number of nitrogens with one attached hydrogen (secondary N) is 1. The lowest BCUT2D eigenvalue weighted by molar-refractivity contribution is 0.430. The van der Waals surface area contributed by atoms with Gasteiger partial charge in [-0.25, -0.2) is 8.78 Å². The molecule has 1 N–H and O–H groups in total. The lowest BCUT2D eigenvalue weighted by Gasteiger charge is -2.12. The van der Waals surface area contributed by atoms with Crippen molar-refractivity contribution in [2.45, 2.75) is 13.8 Å². The van der Waals surface area contributed by atoms with Crippen LogP contribution in [0, 0.1) is 25.5 Å². The van der Waals surface area contributed by atoms with Crippen LogP contribution in [-0.4, -0.2) is 19.7 Å². The first-order valence-corrected chi connectivity index (χ1v) is 10.4. The molecule has 0 radical (unpaired) electrons. The second-order valence-corrected chi connectivity index (χ2v) is 8.01. The Morgan fingerprint density at radius 3 is 2.59 bits per heavy atom.